The molecule has 2 aromatic heterocycles. The predicted octanol–water partition coefficient (Wildman–Crippen LogP) is 3.53. The average molecular weight is 414 g/mol. The number of piperazine rings is 1. The molecule has 0 N–H and O–H groups in total. The van der Waals surface area contributed by atoms with Crippen molar-refractivity contribution in [2.24, 2.45) is 0 Å². The summed E-state index contributed by atoms with van der Waals surface area (Å²) in [5.74, 6) is 2.62. The molecule has 8 heteroatoms. The minimum Gasteiger partial charge on any atom is -0.497 e. The molecule has 8 nitrogen and oxygen atoms in total. The Labute approximate surface area is 180 Å². The molecule has 2 aromatic carbocycles. The average Bonchev–Trinajstić information content (AvgIpc) is 3.35. The molecule has 0 bridgehead atoms. The lowest BCUT2D eigenvalue weighted by molar-refractivity contribution is 0.415. The summed E-state index contributed by atoms with van der Waals surface area (Å²) >= 11 is 0. The van der Waals surface area contributed by atoms with Crippen LogP contribution in [-0.4, -0.2) is 53.6 Å². The molecule has 0 atom stereocenters. The van der Waals surface area contributed by atoms with E-state index in [4.69, 9.17) is 9.26 Å². The van der Waals surface area contributed by atoms with E-state index in [1.165, 1.54) is 5.69 Å². The highest BCUT2D eigenvalue weighted by molar-refractivity contribution is 5.58. The number of benzene rings is 2. The fourth-order valence-corrected chi connectivity index (χ4v) is 3.63. The maximum Gasteiger partial charge on any atom is 0.278 e. The Morgan fingerprint density at radius 3 is 2.23 bits per heavy atom. The van der Waals surface area contributed by atoms with Gasteiger partial charge in [-0.05, 0) is 36.4 Å². The van der Waals surface area contributed by atoms with Crippen molar-refractivity contribution < 1.29 is 9.26 Å². The zero-order valence-corrected chi connectivity index (χ0v) is 17.2. The van der Waals surface area contributed by atoms with E-state index in [1.807, 2.05) is 54.6 Å². The summed E-state index contributed by atoms with van der Waals surface area (Å²) < 4.78 is 10.6. The number of methoxy groups -OCH3 is 1. The summed E-state index contributed by atoms with van der Waals surface area (Å²) in [6.07, 6.45) is 0. The van der Waals surface area contributed by atoms with Gasteiger partial charge in [0.15, 0.2) is 11.5 Å². The molecule has 0 unspecified atom stereocenters. The van der Waals surface area contributed by atoms with E-state index in [1.54, 1.807) is 7.11 Å². The smallest absolute Gasteiger partial charge is 0.278 e. The fourth-order valence-electron chi connectivity index (χ4n) is 3.63. The Balaban J connectivity index is 1.23. The first kappa shape index (κ1) is 19.0. The van der Waals surface area contributed by atoms with Gasteiger partial charge in [0, 0.05) is 37.4 Å². The van der Waals surface area contributed by atoms with Crippen LogP contribution in [0.2, 0.25) is 0 Å². The van der Waals surface area contributed by atoms with Gasteiger partial charge < -0.3 is 19.1 Å². The minimum atomic E-state index is 0.363. The van der Waals surface area contributed by atoms with Gasteiger partial charge in [-0.2, -0.15) is 4.98 Å². The van der Waals surface area contributed by atoms with Crippen LogP contribution in [0.5, 0.6) is 5.75 Å². The van der Waals surface area contributed by atoms with Gasteiger partial charge in [-0.3, -0.25) is 0 Å². The van der Waals surface area contributed by atoms with Crippen LogP contribution >= 0.6 is 0 Å². The molecule has 1 aliphatic rings. The zero-order chi connectivity index (χ0) is 21.0. The molecule has 3 heterocycles. The highest BCUT2D eigenvalue weighted by atomic mass is 16.5. The van der Waals surface area contributed by atoms with Gasteiger partial charge in [0.1, 0.15) is 5.75 Å². The topological polar surface area (TPSA) is 80.4 Å². The van der Waals surface area contributed by atoms with Crippen LogP contribution in [0.4, 0.5) is 11.5 Å². The standard InChI is InChI=1S/C23H22N6O2/c1-30-19-9-7-18(8-10-19)28-13-15-29(16-14-28)21-12-11-20(25-26-21)23-24-22(27-31-23)17-5-3-2-4-6-17/h2-12H,13-16H2,1H3. The van der Waals surface area contributed by atoms with Crippen LogP contribution in [0.3, 0.4) is 0 Å². The second-order valence-electron chi connectivity index (χ2n) is 7.24. The molecule has 0 saturated carbocycles. The van der Waals surface area contributed by atoms with Crippen molar-refractivity contribution in [3.05, 3.63) is 66.7 Å². The molecule has 1 fully saturated rings. The summed E-state index contributed by atoms with van der Waals surface area (Å²) in [6, 6.07) is 21.7. The zero-order valence-electron chi connectivity index (χ0n) is 17.2. The summed E-state index contributed by atoms with van der Waals surface area (Å²) in [5.41, 5.74) is 2.67. The van der Waals surface area contributed by atoms with E-state index in [2.05, 4.69) is 42.3 Å². The predicted molar refractivity (Wildman–Crippen MR) is 118 cm³/mol. The van der Waals surface area contributed by atoms with Crippen molar-refractivity contribution in [3.63, 3.8) is 0 Å². The summed E-state index contributed by atoms with van der Waals surface area (Å²) in [4.78, 5) is 9.04. The van der Waals surface area contributed by atoms with Crippen LogP contribution in [0.1, 0.15) is 0 Å². The van der Waals surface area contributed by atoms with E-state index in [0.29, 0.717) is 17.4 Å². The summed E-state index contributed by atoms with van der Waals surface area (Å²) in [7, 11) is 1.68. The molecule has 31 heavy (non-hydrogen) atoms. The molecular formula is C23H22N6O2. The molecule has 0 radical (unpaired) electrons. The van der Waals surface area contributed by atoms with Crippen LogP contribution in [0.15, 0.2) is 71.3 Å². The van der Waals surface area contributed by atoms with Gasteiger partial charge in [-0.15, -0.1) is 10.2 Å². The van der Waals surface area contributed by atoms with Gasteiger partial charge in [-0.1, -0.05) is 35.5 Å². The van der Waals surface area contributed by atoms with E-state index in [0.717, 1.165) is 43.3 Å². The Morgan fingerprint density at radius 1 is 0.806 bits per heavy atom. The van der Waals surface area contributed by atoms with Gasteiger partial charge in [0.25, 0.3) is 5.89 Å². The fraction of sp³-hybridized carbons (Fsp3) is 0.217. The minimum absolute atomic E-state index is 0.363. The molecule has 0 spiro atoms. The third kappa shape index (κ3) is 4.05. The lowest BCUT2D eigenvalue weighted by Gasteiger charge is -2.36. The number of anilines is 2. The highest BCUT2D eigenvalue weighted by Crippen LogP contribution is 2.24. The van der Waals surface area contributed by atoms with E-state index in [-0.39, 0.29) is 0 Å². The quantitative estimate of drug-likeness (QED) is 0.491. The first-order valence-electron chi connectivity index (χ1n) is 10.2. The number of hydrogen-bond acceptors (Lipinski definition) is 8. The van der Waals surface area contributed by atoms with Crippen LogP contribution in [0, 0.1) is 0 Å². The molecule has 1 aliphatic heterocycles. The number of aromatic nitrogens is 4. The number of hydrogen-bond donors (Lipinski definition) is 0. The SMILES string of the molecule is COc1ccc(N2CCN(c3ccc(-c4nc(-c5ccccc5)no4)nn3)CC2)cc1. The summed E-state index contributed by atoms with van der Waals surface area (Å²) in [5, 5.41) is 12.8. The van der Waals surface area contributed by atoms with Crippen molar-refractivity contribution in [2.45, 2.75) is 0 Å². The third-order valence-electron chi connectivity index (χ3n) is 5.37. The molecule has 1 saturated heterocycles. The van der Waals surface area contributed by atoms with Crippen molar-refractivity contribution >= 4 is 11.5 Å². The van der Waals surface area contributed by atoms with Crippen molar-refractivity contribution in [3.8, 4) is 28.7 Å². The lowest BCUT2D eigenvalue weighted by Crippen LogP contribution is -2.46. The van der Waals surface area contributed by atoms with E-state index in [9.17, 15) is 0 Å². The first-order valence-corrected chi connectivity index (χ1v) is 10.2. The first-order chi connectivity index (χ1) is 15.3. The molecule has 0 amide bonds. The second kappa shape index (κ2) is 8.43. The summed E-state index contributed by atoms with van der Waals surface area (Å²) in [6.45, 7) is 3.58. The molecule has 5 rings (SSSR count). The largest absolute Gasteiger partial charge is 0.497 e. The second-order valence-corrected chi connectivity index (χ2v) is 7.24. The van der Waals surface area contributed by atoms with Crippen LogP contribution in [0.25, 0.3) is 23.0 Å². The Hall–Kier alpha value is -3.94. The van der Waals surface area contributed by atoms with Gasteiger partial charge >= 0.3 is 0 Å². The Morgan fingerprint density at radius 2 is 1.55 bits per heavy atom. The number of ether oxygens (including phenoxy) is 1. The number of rotatable bonds is 5. The van der Waals surface area contributed by atoms with Crippen molar-refractivity contribution in [2.75, 3.05) is 43.1 Å². The maximum atomic E-state index is 5.38. The third-order valence-corrected chi connectivity index (χ3v) is 5.37. The molecule has 0 aliphatic carbocycles. The van der Waals surface area contributed by atoms with E-state index >= 15 is 0 Å². The van der Waals surface area contributed by atoms with Crippen molar-refractivity contribution in [1.82, 2.24) is 20.3 Å². The van der Waals surface area contributed by atoms with E-state index < -0.39 is 0 Å². The number of nitrogens with zero attached hydrogens (tertiary/aromatic N) is 6. The van der Waals surface area contributed by atoms with Crippen LogP contribution in [-0.2, 0) is 0 Å². The Kier molecular flexibility index (Phi) is 5.18. The normalized spacial score (nSPS) is 14.0. The highest BCUT2D eigenvalue weighted by Gasteiger charge is 2.19. The van der Waals surface area contributed by atoms with Gasteiger partial charge in [0.05, 0.1) is 7.11 Å². The van der Waals surface area contributed by atoms with Gasteiger partial charge in [-0.25, -0.2) is 0 Å². The lowest BCUT2D eigenvalue weighted by atomic mass is 10.2. The van der Waals surface area contributed by atoms with Crippen molar-refractivity contribution in [1.29, 1.82) is 0 Å². The molecular weight excluding hydrogens is 392 g/mol. The molecule has 156 valence electrons. The Bertz CT molecular complexity index is 1120. The molecule has 4 aromatic rings. The van der Waals surface area contributed by atoms with Gasteiger partial charge in [0.2, 0.25) is 5.82 Å². The monoisotopic (exact) mass is 414 g/mol. The van der Waals surface area contributed by atoms with Crippen LogP contribution < -0.4 is 14.5 Å². The maximum absolute atomic E-state index is 5.38.